The molecule has 0 spiro atoms. The molecule has 1 heterocycles. The van der Waals surface area contributed by atoms with Crippen molar-refractivity contribution in [3.05, 3.63) is 35.4 Å². The van der Waals surface area contributed by atoms with Crippen LogP contribution >= 0.6 is 24.0 Å². The molecule has 0 saturated carbocycles. The summed E-state index contributed by atoms with van der Waals surface area (Å²) in [5.74, 6) is 2.32. The molecule has 2 atom stereocenters. The van der Waals surface area contributed by atoms with Crippen LogP contribution < -0.4 is 10.6 Å². The Balaban J connectivity index is 0.00000338. The molecule has 148 valence electrons. The number of benzene rings is 1. The summed E-state index contributed by atoms with van der Waals surface area (Å²) in [6.07, 6.45) is 2.42. The van der Waals surface area contributed by atoms with Crippen molar-refractivity contribution in [2.75, 3.05) is 33.2 Å². The molecule has 2 rings (SSSR count). The van der Waals surface area contributed by atoms with Crippen molar-refractivity contribution in [1.82, 2.24) is 15.5 Å². The smallest absolute Gasteiger partial charge is 0.191 e. The van der Waals surface area contributed by atoms with Gasteiger partial charge in [0.2, 0.25) is 0 Å². The lowest BCUT2D eigenvalue weighted by atomic mass is 10.00. The van der Waals surface area contributed by atoms with Gasteiger partial charge in [0.05, 0.1) is 6.04 Å². The summed E-state index contributed by atoms with van der Waals surface area (Å²) in [5, 5.41) is 7.02. The fourth-order valence-electron chi connectivity index (χ4n) is 3.50. The molecule has 2 unspecified atom stereocenters. The predicted molar refractivity (Wildman–Crippen MR) is 124 cm³/mol. The number of guanidine groups is 1. The van der Waals surface area contributed by atoms with E-state index in [1.54, 1.807) is 0 Å². The maximum atomic E-state index is 4.39. The number of hydrogen-bond acceptors (Lipinski definition) is 2. The fourth-order valence-corrected chi connectivity index (χ4v) is 3.50. The van der Waals surface area contributed by atoms with Crippen LogP contribution in [0, 0.1) is 11.8 Å². The summed E-state index contributed by atoms with van der Waals surface area (Å²) in [4.78, 5) is 6.91. The summed E-state index contributed by atoms with van der Waals surface area (Å²) >= 11 is 0. The van der Waals surface area contributed by atoms with Crippen molar-refractivity contribution in [3.63, 3.8) is 0 Å². The lowest BCUT2D eigenvalue weighted by Gasteiger charge is -2.20. The van der Waals surface area contributed by atoms with Gasteiger partial charge in [-0.25, -0.2) is 0 Å². The van der Waals surface area contributed by atoms with Crippen LogP contribution in [0.4, 0.5) is 0 Å². The molecule has 1 aliphatic heterocycles. The van der Waals surface area contributed by atoms with E-state index in [2.05, 4.69) is 72.5 Å². The average Bonchev–Trinajstić information content (AvgIpc) is 3.06. The van der Waals surface area contributed by atoms with Gasteiger partial charge in [-0.15, -0.1) is 24.0 Å². The van der Waals surface area contributed by atoms with Gasteiger partial charge in [0.1, 0.15) is 0 Å². The molecule has 0 radical (unpaired) electrons. The van der Waals surface area contributed by atoms with Gasteiger partial charge in [-0.05, 0) is 55.8 Å². The van der Waals surface area contributed by atoms with E-state index >= 15 is 0 Å². The van der Waals surface area contributed by atoms with E-state index < -0.39 is 0 Å². The van der Waals surface area contributed by atoms with Crippen molar-refractivity contribution in [1.29, 1.82) is 0 Å². The molecule has 1 fully saturated rings. The number of rotatable bonds is 7. The lowest BCUT2D eigenvalue weighted by molar-refractivity contribution is 0.341. The van der Waals surface area contributed by atoms with Crippen LogP contribution in [-0.4, -0.2) is 44.1 Å². The molecule has 1 aliphatic rings. The first-order valence-corrected chi connectivity index (χ1v) is 9.80. The van der Waals surface area contributed by atoms with Gasteiger partial charge >= 0.3 is 0 Å². The van der Waals surface area contributed by atoms with Crippen molar-refractivity contribution in [3.8, 4) is 0 Å². The Morgan fingerprint density at radius 2 is 1.92 bits per heavy atom. The molecular formula is C21H37IN4. The van der Waals surface area contributed by atoms with Crippen molar-refractivity contribution in [2.45, 2.75) is 46.6 Å². The molecule has 4 nitrogen and oxygen atoms in total. The minimum absolute atomic E-state index is 0. The van der Waals surface area contributed by atoms with Crippen molar-refractivity contribution < 1.29 is 0 Å². The highest BCUT2D eigenvalue weighted by atomic mass is 127. The van der Waals surface area contributed by atoms with Crippen LogP contribution in [0.25, 0.3) is 0 Å². The third kappa shape index (κ3) is 7.43. The number of aliphatic imine (C=N–C) groups is 1. The summed E-state index contributed by atoms with van der Waals surface area (Å²) in [6.45, 7) is 13.5. The quantitative estimate of drug-likeness (QED) is 0.357. The zero-order valence-corrected chi connectivity index (χ0v) is 19.4. The largest absolute Gasteiger partial charge is 0.356 e. The Kier molecular flexibility index (Phi) is 10.5. The van der Waals surface area contributed by atoms with Gasteiger partial charge in [0.15, 0.2) is 5.96 Å². The predicted octanol–water partition coefficient (Wildman–Crippen LogP) is 4.07. The second kappa shape index (κ2) is 11.8. The van der Waals surface area contributed by atoms with Gasteiger partial charge < -0.3 is 15.5 Å². The van der Waals surface area contributed by atoms with Crippen molar-refractivity contribution >= 4 is 29.9 Å². The fraction of sp³-hybridized carbons (Fsp3) is 0.667. The second-order valence-electron chi connectivity index (χ2n) is 7.71. The van der Waals surface area contributed by atoms with E-state index in [9.17, 15) is 0 Å². The molecule has 0 bridgehead atoms. The third-order valence-electron chi connectivity index (χ3n) is 5.08. The summed E-state index contributed by atoms with van der Waals surface area (Å²) < 4.78 is 0. The summed E-state index contributed by atoms with van der Waals surface area (Å²) in [6, 6.07) is 9.22. The monoisotopic (exact) mass is 472 g/mol. The van der Waals surface area contributed by atoms with E-state index in [-0.39, 0.29) is 30.0 Å². The van der Waals surface area contributed by atoms with Gasteiger partial charge in [-0.2, -0.15) is 0 Å². The third-order valence-corrected chi connectivity index (χ3v) is 5.08. The second-order valence-corrected chi connectivity index (χ2v) is 7.71. The maximum absolute atomic E-state index is 4.39. The van der Waals surface area contributed by atoms with Crippen molar-refractivity contribution in [2.24, 2.45) is 16.8 Å². The standard InChI is InChI=1S/C21H36N4.HI/c1-6-25-12-11-19(15-25)14-23-21(22-5)24-17(4)20-9-7-18(8-10-20)13-16(2)3;/h7-10,16-17,19H,6,11-15H2,1-5H3,(H2,22,23,24);1H. The lowest BCUT2D eigenvalue weighted by Crippen LogP contribution is -2.41. The van der Waals surface area contributed by atoms with E-state index in [4.69, 9.17) is 0 Å². The SMILES string of the molecule is CCN1CCC(CNC(=NC)NC(C)c2ccc(CC(C)C)cc2)C1.I. The minimum Gasteiger partial charge on any atom is -0.356 e. The Labute approximate surface area is 177 Å². The first-order valence-electron chi connectivity index (χ1n) is 9.80. The Hall–Kier alpha value is -0.820. The molecule has 1 saturated heterocycles. The molecule has 5 heteroatoms. The normalized spacial score (nSPS) is 19.3. The number of nitrogens with one attached hydrogen (secondary N) is 2. The first kappa shape index (κ1) is 23.2. The van der Waals surface area contributed by atoms with Crippen LogP contribution in [0.2, 0.25) is 0 Å². The van der Waals surface area contributed by atoms with E-state index in [1.165, 1.54) is 30.6 Å². The van der Waals surface area contributed by atoms with Gasteiger partial charge in [-0.1, -0.05) is 45.0 Å². The minimum atomic E-state index is 0. The number of halogens is 1. The Morgan fingerprint density at radius 1 is 1.23 bits per heavy atom. The van der Waals surface area contributed by atoms with Crippen LogP contribution in [0.3, 0.4) is 0 Å². The topological polar surface area (TPSA) is 39.7 Å². The van der Waals surface area contributed by atoms with Gasteiger partial charge in [-0.3, -0.25) is 4.99 Å². The zero-order chi connectivity index (χ0) is 18.2. The Bertz CT molecular complexity index is 541. The molecule has 0 amide bonds. The molecule has 2 N–H and O–H groups in total. The zero-order valence-electron chi connectivity index (χ0n) is 17.1. The molecule has 26 heavy (non-hydrogen) atoms. The summed E-state index contributed by atoms with van der Waals surface area (Å²) in [7, 11) is 1.85. The highest BCUT2D eigenvalue weighted by molar-refractivity contribution is 14.0. The van der Waals surface area contributed by atoms with Gasteiger partial charge in [0, 0.05) is 20.1 Å². The molecular weight excluding hydrogens is 435 g/mol. The van der Waals surface area contributed by atoms with E-state index in [1.807, 2.05) is 7.05 Å². The number of likely N-dealkylation sites (tertiary alicyclic amines) is 1. The van der Waals surface area contributed by atoms with Crippen LogP contribution in [0.1, 0.15) is 51.3 Å². The highest BCUT2D eigenvalue weighted by Crippen LogP contribution is 2.16. The van der Waals surface area contributed by atoms with Crippen LogP contribution in [0.15, 0.2) is 29.3 Å². The average molecular weight is 472 g/mol. The highest BCUT2D eigenvalue weighted by Gasteiger charge is 2.21. The summed E-state index contributed by atoms with van der Waals surface area (Å²) in [5.41, 5.74) is 2.71. The molecule has 0 aliphatic carbocycles. The number of nitrogens with zero attached hydrogens (tertiary/aromatic N) is 2. The van der Waals surface area contributed by atoms with E-state index in [0.717, 1.165) is 31.4 Å². The Morgan fingerprint density at radius 3 is 2.46 bits per heavy atom. The molecule has 1 aromatic rings. The maximum Gasteiger partial charge on any atom is 0.191 e. The molecule has 0 aromatic heterocycles. The van der Waals surface area contributed by atoms with E-state index in [0.29, 0.717) is 5.92 Å². The van der Waals surface area contributed by atoms with Crippen LogP contribution in [0.5, 0.6) is 0 Å². The van der Waals surface area contributed by atoms with Gasteiger partial charge in [0.25, 0.3) is 0 Å². The molecule has 1 aromatic carbocycles. The number of hydrogen-bond donors (Lipinski definition) is 2. The first-order chi connectivity index (χ1) is 12.0. The van der Waals surface area contributed by atoms with Crippen LogP contribution in [-0.2, 0) is 6.42 Å².